The number of nitrogens with two attached hydrogens (primary N) is 1. The molecule has 1 nitrogen and oxygen atoms in total. The van der Waals surface area contributed by atoms with Crippen molar-refractivity contribution in [2.75, 3.05) is 0 Å². The molecule has 0 bridgehead atoms. The Kier molecular flexibility index (Phi) is 4.34. The highest BCUT2D eigenvalue weighted by Crippen LogP contribution is 2.34. The first kappa shape index (κ1) is 15.9. The Bertz CT molecular complexity index is 669. The second-order valence-electron chi connectivity index (χ2n) is 4.39. The molecular weight excluding hydrogens is 357 g/mol. The zero-order valence-electron chi connectivity index (χ0n) is 10.4. The van der Waals surface area contributed by atoms with E-state index in [9.17, 15) is 22.0 Å². The van der Waals surface area contributed by atoms with Gasteiger partial charge in [0.2, 0.25) is 0 Å². The lowest BCUT2D eigenvalue weighted by Gasteiger charge is -2.16. The van der Waals surface area contributed by atoms with Gasteiger partial charge in [-0.05, 0) is 51.3 Å². The smallest absolute Gasteiger partial charge is 0.320 e. The third-order valence-electron chi connectivity index (χ3n) is 2.96. The zero-order chi connectivity index (χ0) is 15.8. The molecule has 0 aliphatic rings. The van der Waals surface area contributed by atoms with Crippen molar-refractivity contribution >= 4 is 15.9 Å². The molecule has 1 atom stereocenters. The van der Waals surface area contributed by atoms with Crippen LogP contribution in [0.4, 0.5) is 22.0 Å². The fraction of sp³-hybridized carbons (Fsp3) is 0.143. The average Bonchev–Trinajstić information content (AvgIpc) is 2.40. The zero-order valence-corrected chi connectivity index (χ0v) is 12.0. The van der Waals surface area contributed by atoms with Gasteiger partial charge < -0.3 is 5.73 Å². The largest absolute Gasteiger partial charge is 0.419 e. The van der Waals surface area contributed by atoms with Gasteiger partial charge in [0.25, 0.3) is 0 Å². The molecule has 0 aliphatic heterocycles. The van der Waals surface area contributed by atoms with Crippen molar-refractivity contribution in [1.29, 1.82) is 0 Å². The molecule has 2 aromatic carbocycles. The molecule has 0 aliphatic carbocycles. The molecular formula is C14H9BrF5N. The van der Waals surface area contributed by atoms with Crippen molar-refractivity contribution in [3.05, 3.63) is 69.2 Å². The Morgan fingerprint density at radius 3 is 1.95 bits per heavy atom. The minimum Gasteiger partial charge on any atom is -0.320 e. The van der Waals surface area contributed by atoms with Crippen LogP contribution in [0.3, 0.4) is 0 Å². The molecule has 2 rings (SSSR count). The minimum atomic E-state index is -4.80. The van der Waals surface area contributed by atoms with E-state index in [0.29, 0.717) is 11.6 Å². The van der Waals surface area contributed by atoms with E-state index < -0.39 is 29.4 Å². The third kappa shape index (κ3) is 3.41. The van der Waals surface area contributed by atoms with E-state index in [1.807, 2.05) is 0 Å². The predicted molar refractivity (Wildman–Crippen MR) is 71.5 cm³/mol. The van der Waals surface area contributed by atoms with Crippen LogP contribution >= 0.6 is 15.9 Å². The summed E-state index contributed by atoms with van der Waals surface area (Å²) < 4.78 is 64.6. The Labute approximate surface area is 125 Å². The van der Waals surface area contributed by atoms with Crippen LogP contribution in [0.25, 0.3) is 0 Å². The number of hydrogen-bond donors (Lipinski definition) is 1. The maximum absolute atomic E-state index is 13.2. The van der Waals surface area contributed by atoms with Gasteiger partial charge in [-0.25, -0.2) is 8.78 Å². The van der Waals surface area contributed by atoms with Gasteiger partial charge in [-0.15, -0.1) is 0 Å². The van der Waals surface area contributed by atoms with Gasteiger partial charge >= 0.3 is 6.18 Å². The van der Waals surface area contributed by atoms with Gasteiger partial charge in [0.1, 0.15) is 11.6 Å². The Morgan fingerprint density at radius 1 is 0.905 bits per heavy atom. The van der Waals surface area contributed by atoms with Crippen LogP contribution in [0.5, 0.6) is 0 Å². The molecule has 0 spiro atoms. The number of rotatable bonds is 2. The average molecular weight is 366 g/mol. The van der Waals surface area contributed by atoms with Gasteiger partial charge in [0.05, 0.1) is 16.1 Å². The van der Waals surface area contributed by atoms with Crippen LogP contribution in [0.1, 0.15) is 22.7 Å². The summed E-state index contributed by atoms with van der Waals surface area (Å²) in [4.78, 5) is 0. The van der Waals surface area contributed by atoms with Gasteiger partial charge in [0, 0.05) is 0 Å². The third-order valence-corrected chi connectivity index (χ3v) is 3.57. The molecule has 0 saturated carbocycles. The summed E-state index contributed by atoms with van der Waals surface area (Å²) in [6.07, 6.45) is -4.80. The van der Waals surface area contributed by atoms with Crippen molar-refractivity contribution in [3.63, 3.8) is 0 Å². The highest BCUT2D eigenvalue weighted by molar-refractivity contribution is 9.10. The molecule has 7 heteroatoms. The highest BCUT2D eigenvalue weighted by atomic mass is 79.9. The quantitative estimate of drug-likeness (QED) is 0.760. The summed E-state index contributed by atoms with van der Waals surface area (Å²) in [7, 11) is 0. The van der Waals surface area contributed by atoms with Crippen LogP contribution in [-0.2, 0) is 6.18 Å². The first-order chi connectivity index (χ1) is 9.70. The van der Waals surface area contributed by atoms with Crippen LogP contribution in [-0.4, -0.2) is 0 Å². The summed E-state index contributed by atoms with van der Waals surface area (Å²) in [6, 6.07) is 5.51. The van der Waals surface area contributed by atoms with Crippen LogP contribution in [0.2, 0.25) is 0 Å². The maximum atomic E-state index is 13.2. The van der Waals surface area contributed by atoms with E-state index in [1.165, 1.54) is 18.2 Å². The van der Waals surface area contributed by atoms with E-state index in [-0.39, 0.29) is 10.0 Å². The van der Waals surface area contributed by atoms with Crippen molar-refractivity contribution in [1.82, 2.24) is 0 Å². The topological polar surface area (TPSA) is 26.0 Å². The van der Waals surface area contributed by atoms with Crippen LogP contribution in [0.15, 0.2) is 40.9 Å². The number of benzene rings is 2. The summed E-state index contributed by atoms with van der Waals surface area (Å²) in [6.45, 7) is 0. The Morgan fingerprint density at radius 2 is 1.43 bits per heavy atom. The van der Waals surface area contributed by atoms with E-state index in [1.54, 1.807) is 0 Å². The predicted octanol–water partition coefficient (Wildman–Crippen LogP) is 4.79. The van der Waals surface area contributed by atoms with Gasteiger partial charge in [-0.2, -0.15) is 13.2 Å². The number of alkyl halides is 3. The standard InChI is InChI=1S/C14H9BrF5N/c15-10-6-8(2-4-12(10)17)13(21)7-1-3-11(16)9(5-7)14(18,19)20/h1-6,13H,21H2. The molecule has 0 amide bonds. The number of hydrogen-bond acceptors (Lipinski definition) is 1. The fourth-order valence-electron chi connectivity index (χ4n) is 1.85. The lowest BCUT2D eigenvalue weighted by Crippen LogP contribution is -2.15. The highest BCUT2D eigenvalue weighted by Gasteiger charge is 2.34. The molecule has 0 saturated heterocycles. The lowest BCUT2D eigenvalue weighted by molar-refractivity contribution is -0.140. The van der Waals surface area contributed by atoms with Gasteiger partial charge in [-0.3, -0.25) is 0 Å². The summed E-state index contributed by atoms with van der Waals surface area (Å²) in [5.74, 6) is -1.88. The Hall–Kier alpha value is -1.47. The van der Waals surface area contributed by atoms with Gasteiger partial charge in [-0.1, -0.05) is 12.1 Å². The molecule has 112 valence electrons. The van der Waals surface area contributed by atoms with Gasteiger partial charge in [0.15, 0.2) is 0 Å². The molecule has 0 aromatic heterocycles. The molecule has 2 aromatic rings. The molecule has 0 heterocycles. The Balaban J connectivity index is 2.44. The second-order valence-corrected chi connectivity index (χ2v) is 5.24. The summed E-state index contributed by atoms with van der Waals surface area (Å²) in [5, 5.41) is 0. The monoisotopic (exact) mass is 365 g/mol. The first-order valence-corrected chi connectivity index (χ1v) is 6.56. The van der Waals surface area contributed by atoms with E-state index in [4.69, 9.17) is 5.73 Å². The first-order valence-electron chi connectivity index (χ1n) is 5.77. The van der Waals surface area contributed by atoms with Crippen LogP contribution in [0, 0.1) is 11.6 Å². The van der Waals surface area contributed by atoms with Crippen molar-refractivity contribution in [2.24, 2.45) is 5.73 Å². The normalized spacial score (nSPS) is 13.3. The molecule has 2 N–H and O–H groups in total. The molecule has 21 heavy (non-hydrogen) atoms. The van der Waals surface area contributed by atoms with Crippen molar-refractivity contribution < 1.29 is 22.0 Å². The molecule has 1 unspecified atom stereocenters. The van der Waals surface area contributed by atoms with E-state index in [2.05, 4.69) is 15.9 Å². The SMILES string of the molecule is NC(c1ccc(F)c(Br)c1)c1ccc(F)c(C(F)(F)F)c1. The van der Waals surface area contributed by atoms with Crippen molar-refractivity contribution in [2.45, 2.75) is 12.2 Å². The summed E-state index contributed by atoms with van der Waals surface area (Å²) >= 11 is 2.97. The van der Waals surface area contributed by atoms with E-state index in [0.717, 1.165) is 12.1 Å². The lowest BCUT2D eigenvalue weighted by atomic mass is 9.97. The summed E-state index contributed by atoms with van der Waals surface area (Å²) in [5.41, 5.74) is 4.98. The fourth-order valence-corrected chi connectivity index (χ4v) is 2.25. The molecule has 0 fully saturated rings. The van der Waals surface area contributed by atoms with E-state index >= 15 is 0 Å². The minimum absolute atomic E-state index is 0.0854. The van der Waals surface area contributed by atoms with Crippen LogP contribution < -0.4 is 5.73 Å². The number of halogens is 6. The van der Waals surface area contributed by atoms with Crippen molar-refractivity contribution in [3.8, 4) is 0 Å². The maximum Gasteiger partial charge on any atom is 0.419 e. The second kappa shape index (κ2) is 5.73. The molecule has 0 radical (unpaired) electrons.